The van der Waals surface area contributed by atoms with Crippen LogP contribution in [0.25, 0.3) is 0 Å². The van der Waals surface area contributed by atoms with Gasteiger partial charge in [-0.15, -0.1) is 0 Å². The third kappa shape index (κ3) is 3.39. The largest absolute Gasteiger partial charge is 0.490 e. The molecule has 0 amide bonds. The molecular formula is C18H25FO2. The molecule has 1 aliphatic heterocycles. The summed E-state index contributed by atoms with van der Waals surface area (Å²) >= 11 is 0. The maximum absolute atomic E-state index is 13.3. The highest BCUT2D eigenvalue weighted by atomic mass is 19.1. The van der Waals surface area contributed by atoms with Gasteiger partial charge in [-0.3, -0.25) is 0 Å². The molecule has 1 fully saturated rings. The Morgan fingerprint density at radius 3 is 3.00 bits per heavy atom. The predicted octanol–water partition coefficient (Wildman–Crippen LogP) is 4.10. The van der Waals surface area contributed by atoms with Crippen LogP contribution >= 0.6 is 0 Å². The van der Waals surface area contributed by atoms with Crippen LogP contribution in [0.5, 0.6) is 5.75 Å². The Hall–Kier alpha value is -1.09. The summed E-state index contributed by atoms with van der Waals surface area (Å²) in [5.74, 6) is 1.71. The van der Waals surface area contributed by atoms with E-state index in [0.29, 0.717) is 5.92 Å². The van der Waals surface area contributed by atoms with Crippen molar-refractivity contribution in [1.29, 1.82) is 0 Å². The van der Waals surface area contributed by atoms with E-state index in [1.807, 2.05) is 0 Å². The maximum atomic E-state index is 13.3. The van der Waals surface area contributed by atoms with E-state index in [-0.39, 0.29) is 18.0 Å². The van der Waals surface area contributed by atoms with Crippen molar-refractivity contribution in [2.45, 2.75) is 64.1 Å². The minimum absolute atomic E-state index is 0.0989. The van der Waals surface area contributed by atoms with E-state index in [9.17, 15) is 9.50 Å². The lowest BCUT2D eigenvalue weighted by molar-refractivity contribution is 0.0238. The summed E-state index contributed by atoms with van der Waals surface area (Å²) in [5.41, 5.74) is 0.968. The molecule has 116 valence electrons. The minimum Gasteiger partial charge on any atom is -0.490 e. The monoisotopic (exact) mass is 292 g/mol. The summed E-state index contributed by atoms with van der Waals surface area (Å²) in [6, 6.07) is 4.75. The molecule has 4 atom stereocenters. The van der Waals surface area contributed by atoms with Crippen LogP contribution in [0.1, 0.15) is 51.0 Å². The molecule has 1 aromatic rings. The van der Waals surface area contributed by atoms with E-state index in [2.05, 4.69) is 6.92 Å². The third-order valence-electron chi connectivity index (χ3n) is 5.08. The number of hydrogen-bond donors (Lipinski definition) is 1. The Labute approximate surface area is 126 Å². The normalized spacial score (nSPS) is 31.8. The molecule has 1 aromatic carbocycles. The van der Waals surface area contributed by atoms with Crippen LogP contribution < -0.4 is 4.74 Å². The van der Waals surface area contributed by atoms with Crippen molar-refractivity contribution in [3.63, 3.8) is 0 Å². The third-order valence-corrected chi connectivity index (χ3v) is 5.08. The molecule has 4 unspecified atom stereocenters. The molecule has 0 bridgehead atoms. The summed E-state index contributed by atoms with van der Waals surface area (Å²) in [4.78, 5) is 0. The lowest BCUT2D eigenvalue weighted by Gasteiger charge is -2.34. The Morgan fingerprint density at radius 2 is 2.19 bits per heavy atom. The lowest BCUT2D eigenvalue weighted by atomic mass is 9.75. The summed E-state index contributed by atoms with van der Waals surface area (Å²) in [6.07, 6.45) is 7.24. The van der Waals surface area contributed by atoms with Crippen molar-refractivity contribution >= 4 is 0 Å². The molecule has 2 nitrogen and oxygen atoms in total. The van der Waals surface area contributed by atoms with Gasteiger partial charge in [0.05, 0.1) is 6.10 Å². The zero-order valence-electron chi connectivity index (χ0n) is 12.7. The van der Waals surface area contributed by atoms with Gasteiger partial charge in [0.2, 0.25) is 0 Å². The van der Waals surface area contributed by atoms with Gasteiger partial charge in [-0.25, -0.2) is 4.39 Å². The van der Waals surface area contributed by atoms with Crippen molar-refractivity contribution in [3.05, 3.63) is 29.6 Å². The van der Waals surface area contributed by atoms with Gasteiger partial charge in [-0.1, -0.05) is 19.8 Å². The lowest BCUT2D eigenvalue weighted by Crippen LogP contribution is -2.33. The Balaban J connectivity index is 1.59. The molecule has 0 aromatic heterocycles. The highest BCUT2D eigenvalue weighted by Gasteiger charge is 2.33. The smallest absolute Gasteiger partial charge is 0.123 e. The van der Waals surface area contributed by atoms with E-state index in [4.69, 9.17) is 4.74 Å². The van der Waals surface area contributed by atoms with Crippen LogP contribution in [-0.4, -0.2) is 17.3 Å². The van der Waals surface area contributed by atoms with Gasteiger partial charge in [-0.05, 0) is 55.7 Å². The number of aliphatic hydroxyl groups is 1. The molecule has 0 spiro atoms. The average molecular weight is 292 g/mol. The fourth-order valence-corrected chi connectivity index (χ4v) is 4.03. The van der Waals surface area contributed by atoms with Crippen LogP contribution in [0.2, 0.25) is 0 Å². The molecule has 1 saturated carbocycles. The molecule has 1 aliphatic carbocycles. The minimum atomic E-state index is -0.196. The average Bonchev–Trinajstić information content (AvgIpc) is 2.84. The zero-order chi connectivity index (χ0) is 14.8. The molecule has 0 saturated heterocycles. The van der Waals surface area contributed by atoms with Gasteiger partial charge in [0.15, 0.2) is 0 Å². The number of hydrogen-bond acceptors (Lipinski definition) is 2. The van der Waals surface area contributed by atoms with Crippen molar-refractivity contribution in [3.8, 4) is 5.75 Å². The summed E-state index contributed by atoms with van der Waals surface area (Å²) in [6.45, 7) is 2.23. The van der Waals surface area contributed by atoms with Crippen LogP contribution in [-0.2, 0) is 6.42 Å². The number of aliphatic hydroxyl groups excluding tert-OH is 1. The molecule has 2 aliphatic rings. The van der Waals surface area contributed by atoms with E-state index in [1.165, 1.54) is 18.9 Å². The van der Waals surface area contributed by atoms with Crippen molar-refractivity contribution in [2.75, 3.05) is 0 Å². The number of halogens is 1. The number of benzene rings is 1. The molecule has 1 heterocycles. The van der Waals surface area contributed by atoms with Gasteiger partial charge in [0.1, 0.15) is 17.7 Å². The fraction of sp³-hybridized carbons (Fsp3) is 0.667. The second-order valence-corrected chi connectivity index (χ2v) is 6.73. The predicted molar refractivity (Wildman–Crippen MR) is 80.9 cm³/mol. The standard InChI is InChI=1S/C18H25FO2/c1-2-3-12-4-6-17(20)13(8-12)10-16-11-14-9-15(19)5-7-18(14)21-16/h5,7,9,12-13,16-17,20H,2-4,6,8,10-11H2,1H3. The first-order valence-corrected chi connectivity index (χ1v) is 8.29. The van der Waals surface area contributed by atoms with Crippen LogP contribution in [0.15, 0.2) is 18.2 Å². The quantitative estimate of drug-likeness (QED) is 0.905. The number of rotatable bonds is 4. The van der Waals surface area contributed by atoms with Crippen LogP contribution in [0.3, 0.4) is 0 Å². The molecule has 1 N–H and O–H groups in total. The zero-order valence-corrected chi connectivity index (χ0v) is 12.7. The van der Waals surface area contributed by atoms with Crippen LogP contribution in [0.4, 0.5) is 4.39 Å². The summed E-state index contributed by atoms with van der Waals surface area (Å²) in [5, 5.41) is 10.3. The maximum Gasteiger partial charge on any atom is 0.123 e. The number of fused-ring (bicyclic) bond motifs is 1. The Morgan fingerprint density at radius 1 is 1.33 bits per heavy atom. The second-order valence-electron chi connectivity index (χ2n) is 6.73. The molecule has 0 radical (unpaired) electrons. The molecule has 3 heteroatoms. The van der Waals surface area contributed by atoms with Crippen molar-refractivity contribution in [1.82, 2.24) is 0 Å². The Bertz CT molecular complexity index is 488. The highest BCUT2D eigenvalue weighted by molar-refractivity contribution is 5.37. The van der Waals surface area contributed by atoms with Crippen LogP contribution in [0, 0.1) is 17.7 Å². The molecule has 3 rings (SSSR count). The molecular weight excluding hydrogens is 267 g/mol. The van der Waals surface area contributed by atoms with Crippen molar-refractivity contribution in [2.24, 2.45) is 11.8 Å². The van der Waals surface area contributed by atoms with Gasteiger partial charge in [0.25, 0.3) is 0 Å². The van der Waals surface area contributed by atoms with Gasteiger partial charge in [-0.2, -0.15) is 0 Å². The second kappa shape index (κ2) is 6.35. The fourth-order valence-electron chi connectivity index (χ4n) is 4.03. The van der Waals surface area contributed by atoms with E-state index in [0.717, 1.165) is 49.3 Å². The SMILES string of the molecule is CCCC1CCC(O)C(CC2Cc3cc(F)ccc3O2)C1. The summed E-state index contributed by atoms with van der Waals surface area (Å²) in [7, 11) is 0. The highest BCUT2D eigenvalue weighted by Crippen LogP contribution is 2.38. The van der Waals surface area contributed by atoms with Gasteiger partial charge < -0.3 is 9.84 Å². The first kappa shape index (κ1) is 14.8. The van der Waals surface area contributed by atoms with E-state index in [1.54, 1.807) is 12.1 Å². The van der Waals surface area contributed by atoms with Gasteiger partial charge in [0, 0.05) is 12.0 Å². The topological polar surface area (TPSA) is 29.5 Å². The first-order valence-electron chi connectivity index (χ1n) is 8.29. The van der Waals surface area contributed by atoms with Gasteiger partial charge >= 0.3 is 0 Å². The van der Waals surface area contributed by atoms with Crippen molar-refractivity contribution < 1.29 is 14.2 Å². The van der Waals surface area contributed by atoms with E-state index >= 15 is 0 Å². The molecule has 21 heavy (non-hydrogen) atoms. The first-order chi connectivity index (χ1) is 10.2. The summed E-state index contributed by atoms with van der Waals surface area (Å²) < 4.78 is 19.2. The van der Waals surface area contributed by atoms with E-state index < -0.39 is 0 Å². The number of ether oxygens (including phenoxy) is 1. The Kier molecular flexibility index (Phi) is 4.48.